The van der Waals surface area contributed by atoms with Gasteiger partial charge in [-0.25, -0.2) is 0 Å². The SMILES string of the molecule is Cc1ccccc1SCc1ccccc1B(O)O. The van der Waals surface area contributed by atoms with Crippen LogP contribution in [0.25, 0.3) is 0 Å². The maximum atomic E-state index is 9.30. The summed E-state index contributed by atoms with van der Waals surface area (Å²) in [4.78, 5) is 1.22. The Balaban J connectivity index is 2.14. The van der Waals surface area contributed by atoms with Crippen LogP contribution in [0.15, 0.2) is 53.4 Å². The summed E-state index contributed by atoms with van der Waals surface area (Å²) in [5.74, 6) is 0.735. The first kappa shape index (κ1) is 13.2. The van der Waals surface area contributed by atoms with E-state index in [2.05, 4.69) is 19.1 Å². The molecule has 0 atom stereocenters. The highest BCUT2D eigenvalue weighted by molar-refractivity contribution is 7.98. The molecule has 92 valence electrons. The maximum absolute atomic E-state index is 9.30. The molecular weight excluding hydrogens is 243 g/mol. The third-order valence-corrected chi connectivity index (χ3v) is 4.03. The summed E-state index contributed by atoms with van der Waals surface area (Å²) in [6.07, 6.45) is 0. The van der Waals surface area contributed by atoms with Gasteiger partial charge in [-0.3, -0.25) is 0 Å². The van der Waals surface area contributed by atoms with Gasteiger partial charge in [0.05, 0.1) is 0 Å². The van der Waals surface area contributed by atoms with Crippen LogP contribution in [0, 0.1) is 6.92 Å². The standard InChI is InChI=1S/C14H15BO2S/c1-11-6-2-5-9-14(11)18-10-12-7-3-4-8-13(12)15(16)17/h2-9,16-17H,10H2,1H3. The molecule has 0 aliphatic carbocycles. The third-order valence-electron chi connectivity index (χ3n) is 2.81. The molecule has 2 rings (SSSR count). The molecule has 0 bridgehead atoms. The summed E-state index contributed by atoms with van der Waals surface area (Å²) in [5.41, 5.74) is 2.78. The molecule has 18 heavy (non-hydrogen) atoms. The Hall–Kier alpha value is -1.23. The van der Waals surface area contributed by atoms with Gasteiger partial charge in [0.1, 0.15) is 0 Å². The van der Waals surface area contributed by atoms with Gasteiger partial charge in [0.15, 0.2) is 0 Å². The molecule has 0 radical (unpaired) electrons. The molecule has 0 aliphatic heterocycles. The van der Waals surface area contributed by atoms with Crippen molar-refractivity contribution in [2.75, 3.05) is 0 Å². The van der Waals surface area contributed by atoms with E-state index in [9.17, 15) is 10.0 Å². The van der Waals surface area contributed by atoms with Crippen molar-refractivity contribution in [3.63, 3.8) is 0 Å². The minimum atomic E-state index is -1.40. The molecular formula is C14H15BO2S. The molecule has 2 nitrogen and oxygen atoms in total. The van der Waals surface area contributed by atoms with Crippen molar-refractivity contribution < 1.29 is 10.0 Å². The van der Waals surface area contributed by atoms with Gasteiger partial charge in [0.25, 0.3) is 0 Å². The molecule has 4 heteroatoms. The van der Waals surface area contributed by atoms with E-state index >= 15 is 0 Å². The maximum Gasteiger partial charge on any atom is 0.488 e. The van der Waals surface area contributed by atoms with Crippen molar-refractivity contribution >= 4 is 24.3 Å². The lowest BCUT2D eigenvalue weighted by Gasteiger charge is -2.09. The molecule has 0 aromatic heterocycles. The van der Waals surface area contributed by atoms with Gasteiger partial charge in [0, 0.05) is 10.6 Å². The highest BCUT2D eigenvalue weighted by Crippen LogP contribution is 2.25. The third kappa shape index (κ3) is 3.16. The summed E-state index contributed by atoms with van der Waals surface area (Å²) in [5, 5.41) is 18.6. The van der Waals surface area contributed by atoms with Gasteiger partial charge < -0.3 is 10.0 Å². The second-order valence-electron chi connectivity index (χ2n) is 4.13. The quantitative estimate of drug-likeness (QED) is 0.650. The molecule has 0 aliphatic rings. The van der Waals surface area contributed by atoms with Crippen LogP contribution in [-0.2, 0) is 5.75 Å². The fourth-order valence-corrected chi connectivity index (χ4v) is 2.84. The Labute approximate surface area is 112 Å². The van der Waals surface area contributed by atoms with Crippen LogP contribution >= 0.6 is 11.8 Å². The predicted molar refractivity (Wildman–Crippen MR) is 77.0 cm³/mol. The van der Waals surface area contributed by atoms with E-state index in [1.54, 1.807) is 17.8 Å². The second kappa shape index (κ2) is 6.09. The molecule has 0 amide bonds. The number of hydrogen-bond acceptors (Lipinski definition) is 3. The Kier molecular flexibility index (Phi) is 4.47. The highest BCUT2D eigenvalue weighted by atomic mass is 32.2. The monoisotopic (exact) mass is 258 g/mol. The summed E-state index contributed by atoms with van der Waals surface area (Å²) in [6, 6.07) is 15.6. The van der Waals surface area contributed by atoms with Crippen molar-refractivity contribution in [2.45, 2.75) is 17.6 Å². The Morgan fingerprint density at radius 2 is 1.67 bits per heavy atom. The molecule has 0 saturated carbocycles. The normalized spacial score (nSPS) is 10.4. The van der Waals surface area contributed by atoms with E-state index < -0.39 is 7.12 Å². The number of benzene rings is 2. The van der Waals surface area contributed by atoms with Gasteiger partial charge in [0.2, 0.25) is 0 Å². The average molecular weight is 258 g/mol. The summed E-state index contributed by atoms with van der Waals surface area (Å²) in [6.45, 7) is 2.08. The first-order valence-corrected chi connectivity index (χ1v) is 6.79. The lowest BCUT2D eigenvalue weighted by molar-refractivity contribution is 0.425. The van der Waals surface area contributed by atoms with E-state index in [4.69, 9.17) is 0 Å². The summed E-state index contributed by atoms with van der Waals surface area (Å²) < 4.78 is 0. The molecule has 0 saturated heterocycles. The van der Waals surface area contributed by atoms with Crippen LogP contribution in [0.3, 0.4) is 0 Å². The fraction of sp³-hybridized carbons (Fsp3) is 0.143. The van der Waals surface area contributed by atoms with Crippen LogP contribution in [0.4, 0.5) is 0 Å². The highest BCUT2D eigenvalue weighted by Gasteiger charge is 2.15. The number of aryl methyl sites for hydroxylation is 1. The summed E-state index contributed by atoms with van der Waals surface area (Å²) >= 11 is 1.71. The lowest BCUT2D eigenvalue weighted by Crippen LogP contribution is -2.32. The molecule has 0 heterocycles. The average Bonchev–Trinajstić information content (AvgIpc) is 2.38. The number of rotatable bonds is 4. The zero-order valence-electron chi connectivity index (χ0n) is 10.2. The van der Waals surface area contributed by atoms with E-state index in [1.165, 1.54) is 10.5 Å². The van der Waals surface area contributed by atoms with E-state index in [0.29, 0.717) is 5.46 Å². The molecule has 0 unspecified atom stereocenters. The molecule has 2 aromatic rings. The van der Waals surface area contributed by atoms with E-state index in [0.717, 1.165) is 11.3 Å². The van der Waals surface area contributed by atoms with E-state index in [-0.39, 0.29) is 0 Å². The second-order valence-corrected chi connectivity index (χ2v) is 5.14. The number of thioether (sulfide) groups is 1. The fourth-order valence-electron chi connectivity index (χ4n) is 1.79. The van der Waals surface area contributed by atoms with Crippen LogP contribution in [0.5, 0.6) is 0 Å². The largest absolute Gasteiger partial charge is 0.488 e. The molecule has 2 N–H and O–H groups in total. The zero-order valence-corrected chi connectivity index (χ0v) is 11.0. The van der Waals surface area contributed by atoms with Crippen LogP contribution < -0.4 is 5.46 Å². The minimum Gasteiger partial charge on any atom is -0.423 e. The smallest absolute Gasteiger partial charge is 0.423 e. The Morgan fingerprint density at radius 1 is 1.00 bits per heavy atom. The molecule has 0 fully saturated rings. The zero-order chi connectivity index (χ0) is 13.0. The van der Waals surface area contributed by atoms with Crippen LogP contribution in [0.2, 0.25) is 0 Å². The van der Waals surface area contributed by atoms with Gasteiger partial charge in [-0.1, -0.05) is 42.5 Å². The molecule has 2 aromatic carbocycles. The van der Waals surface area contributed by atoms with Gasteiger partial charge >= 0.3 is 7.12 Å². The van der Waals surface area contributed by atoms with Crippen molar-refractivity contribution in [1.29, 1.82) is 0 Å². The molecule has 0 spiro atoms. The topological polar surface area (TPSA) is 40.5 Å². The van der Waals surface area contributed by atoms with Gasteiger partial charge in [-0.15, -0.1) is 11.8 Å². The van der Waals surface area contributed by atoms with E-state index in [1.807, 2.05) is 30.3 Å². The first-order valence-electron chi connectivity index (χ1n) is 5.81. The van der Waals surface area contributed by atoms with Crippen molar-refractivity contribution in [1.82, 2.24) is 0 Å². The van der Waals surface area contributed by atoms with Crippen LogP contribution in [-0.4, -0.2) is 17.2 Å². The summed E-state index contributed by atoms with van der Waals surface area (Å²) in [7, 11) is -1.40. The van der Waals surface area contributed by atoms with Gasteiger partial charge in [-0.2, -0.15) is 0 Å². The van der Waals surface area contributed by atoms with Gasteiger partial charge in [-0.05, 0) is 29.6 Å². The Morgan fingerprint density at radius 3 is 2.39 bits per heavy atom. The predicted octanol–water partition coefficient (Wildman–Crippen LogP) is 1.97. The van der Waals surface area contributed by atoms with Crippen molar-refractivity contribution in [3.05, 3.63) is 59.7 Å². The van der Waals surface area contributed by atoms with Crippen molar-refractivity contribution in [2.24, 2.45) is 0 Å². The van der Waals surface area contributed by atoms with Crippen molar-refractivity contribution in [3.8, 4) is 0 Å². The van der Waals surface area contributed by atoms with Crippen LogP contribution in [0.1, 0.15) is 11.1 Å². The lowest BCUT2D eigenvalue weighted by atomic mass is 9.77. The number of hydrogen-bond donors (Lipinski definition) is 2. The Bertz CT molecular complexity index is 529. The first-order chi connectivity index (χ1) is 8.68. The minimum absolute atomic E-state index is 0.582.